The minimum atomic E-state index is -0.504. The number of methoxy groups -OCH3 is 1. The molecule has 1 amide bonds. The summed E-state index contributed by atoms with van der Waals surface area (Å²) in [5, 5.41) is 5.81. The first-order valence-electron chi connectivity index (χ1n) is 11.2. The van der Waals surface area contributed by atoms with Gasteiger partial charge in [0.05, 0.1) is 13.7 Å². The number of carbonyl (C=O) groups is 3. The lowest BCUT2D eigenvalue weighted by Gasteiger charge is -2.35. The van der Waals surface area contributed by atoms with Gasteiger partial charge in [-0.05, 0) is 48.9 Å². The molecular weight excluding hydrogens is 486 g/mol. The molecule has 2 aromatic carbocycles. The third-order valence-corrected chi connectivity index (χ3v) is 7.11. The number of nitrogens with zero attached hydrogens (tertiary/aromatic N) is 2. The Morgan fingerprint density at radius 2 is 1.66 bits per heavy atom. The summed E-state index contributed by atoms with van der Waals surface area (Å²) in [5.74, 6) is -0.636. The highest BCUT2D eigenvalue weighted by Crippen LogP contribution is 2.36. The van der Waals surface area contributed by atoms with Crippen LogP contribution in [0.3, 0.4) is 0 Å². The molecule has 0 aliphatic carbocycles. The molecule has 0 atom stereocenters. The average Bonchev–Trinajstić information content (AvgIpc) is 3.27. The molecule has 1 N–H and O–H groups in total. The van der Waals surface area contributed by atoms with E-state index in [2.05, 4.69) is 15.1 Å². The van der Waals surface area contributed by atoms with Crippen molar-refractivity contribution >= 4 is 51.3 Å². The van der Waals surface area contributed by atoms with Crippen LogP contribution >= 0.6 is 22.9 Å². The number of esters is 1. The second kappa shape index (κ2) is 11.0. The second-order valence-corrected chi connectivity index (χ2v) is 9.58. The molecule has 0 saturated carbocycles. The molecule has 0 radical (unpaired) electrons. The topological polar surface area (TPSA) is 79.0 Å². The highest BCUT2D eigenvalue weighted by molar-refractivity contribution is 7.15. The van der Waals surface area contributed by atoms with Gasteiger partial charge >= 0.3 is 5.97 Å². The number of amides is 1. The van der Waals surface area contributed by atoms with Crippen LogP contribution in [0.5, 0.6) is 0 Å². The number of halogens is 1. The molecule has 35 heavy (non-hydrogen) atoms. The normalized spacial score (nSPS) is 14.0. The van der Waals surface area contributed by atoms with Gasteiger partial charge in [0.15, 0.2) is 5.78 Å². The number of hydrogen-bond donors (Lipinski definition) is 1. The molecule has 0 spiro atoms. The minimum absolute atomic E-state index is 0.0498. The Labute approximate surface area is 213 Å². The average molecular weight is 512 g/mol. The lowest BCUT2D eigenvalue weighted by molar-refractivity contribution is -0.117. The van der Waals surface area contributed by atoms with Gasteiger partial charge in [0.25, 0.3) is 0 Å². The summed E-state index contributed by atoms with van der Waals surface area (Å²) >= 11 is 7.28. The Bertz CT molecular complexity index is 1220. The second-order valence-electron chi connectivity index (χ2n) is 8.27. The molecule has 1 fully saturated rings. The van der Waals surface area contributed by atoms with Crippen molar-refractivity contribution in [3.63, 3.8) is 0 Å². The maximum atomic E-state index is 12.8. The molecule has 0 unspecified atom stereocenters. The summed E-state index contributed by atoms with van der Waals surface area (Å²) in [5.41, 5.74) is 3.61. The number of carbonyl (C=O) groups excluding carboxylic acids is 3. The molecule has 0 bridgehead atoms. The maximum Gasteiger partial charge on any atom is 0.341 e. The number of ketones is 1. The Kier molecular flexibility index (Phi) is 7.85. The molecule has 2 heterocycles. The number of thiophene rings is 1. The Hall–Kier alpha value is -3.20. The van der Waals surface area contributed by atoms with E-state index in [0.29, 0.717) is 26.7 Å². The third kappa shape index (κ3) is 5.90. The Morgan fingerprint density at radius 3 is 2.26 bits per heavy atom. The van der Waals surface area contributed by atoms with Crippen LogP contribution < -0.4 is 10.2 Å². The van der Waals surface area contributed by atoms with Crippen molar-refractivity contribution in [3.8, 4) is 11.1 Å². The van der Waals surface area contributed by atoms with Gasteiger partial charge in [0.1, 0.15) is 10.6 Å². The molecule has 9 heteroatoms. The van der Waals surface area contributed by atoms with Gasteiger partial charge in [-0.25, -0.2) is 4.79 Å². The Balaban J connectivity index is 1.38. The fourth-order valence-corrected chi connectivity index (χ4v) is 5.14. The summed E-state index contributed by atoms with van der Waals surface area (Å²) in [4.78, 5) is 41.2. The predicted octanol–water partition coefficient (Wildman–Crippen LogP) is 4.82. The number of piperazine rings is 1. The third-order valence-electron chi connectivity index (χ3n) is 5.97. The standard InChI is InChI=1S/C26H26ClN3O4S/c1-17(31)18-5-9-21(10-6-18)30-13-11-29(12-14-30)15-23(32)28-25-24(26(33)34-2)22(16-35-25)19-3-7-20(27)8-4-19/h3-10,16H,11-15H2,1-2H3,(H,28,32). The van der Waals surface area contributed by atoms with Crippen LogP contribution in [0.15, 0.2) is 53.9 Å². The summed E-state index contributed by atoms with van der Waals surface area (Å²) in [6.45, 7) is 4.80. The highest BCUT2D eigenvalue weighted by Gasteiger charge is 2.24. The van der Waals surface area contributed by atoms with Crippen LogP contribution in [0.1, 0.15) is 27.6 Å². The number of Topliss-reactive ketones (excluding diaryl/α,β-unsaturated/α-hetero) is 1. The highest BCUT2D eigenvalue weighted by atomic mass is 35.5. The van der Waals surface area contributed by atoms with Crippen molar-refractivity contribution in [3.05, 3.63) is 70.1 Å². The fraction of sp³-hybridized carbons (Fsp3) is 0.269. The van der Waals surface area contributed by atoms with E-state index in [4.69, 9.17) is 16.3 Å². The summed E-state index contributed by atoms with van der Waals surface area (Å²) in [7, 11) is 1.32. The first-order chi connectivity index (χ1) is 16.9. The molecule has 3 aromatic rings. The number of rotatable bonds is 7. The molecular formula is C26H26ClN3O4S. The Morgan fingerprint density at radius 1 is 1.00 bits per heavy atom. The largest absolute Gasteiger partial charge is 0.465 e. The van der Waals surface area contributed by atoms with E-state index in [0.717, 1.165) is 37.4 Å². The van der Waals surface area contributed by atoms with Crippen molar-refractivity contribution in [2.75, 3.05) is 50.1 Å². The molecule has 1 aromatic heterocycles. The summed E-state index contributed by atoms with van der Waals surface area (Å²) in [6.07, 6.45) is 0. The van der Waals surface area contributed by atoms with Gasteiger partial charge in [-0.3, -0.25) is 14.5 Å². The van der Waals surface area contributed by atoms with Gasteiger partial charge in [0.2, 0.25) is 5.91 Å². The van der Waals surface area contributed by atoms with E-state index in [9.17, 15) is 14.4 Å². The molecule has 4 rings (SSSR count). The zero-order valence-electron chi connectivity index (χ0n) is 19.5. The lowest BCUT2D eigenvalue weighted by Crippen LogP contribution is -2.48. The van der Waals surface area contributed by atoms with E-state index < -0.39 is 5.97 Å². The predicted molar refractivity (Wildman–Crippen MR) is 140 cm³/mol. The zero-order valence-corrected chi connectivity index (χ0v) is 21.1. The van der Waals surface area contributed by atoms with Gasteiger partial charge in [0, 0.05) is 53.4 Å². The minimum Gasteiger partial charge on any atom is -0.465 e. The van der Waals surface area contributed by atoms with Gasteiger partial charge in [-0.15, -0.1) is 11.3 Å². The van der Waals surface area contributed by atoms with E-state index in [-0.39, 0.29) is 18.2 Å². The van der Waals surface area contributed by atoms with Crippen LogP contribution in [0.2, 0.25) is 5.02 Å². The summed E-state index contributed by atoms with van der Waals surface area (Å²) in [6, 6.07) is 14.8. The number of benzene rings is 2. The molecule has 182 valence electrons. The first-order valence-corrected chi connectivity index (χ1v) is 12.5. The molecule has 1 aliphatic rings. The van der Waals surface area contributed by atoms with E-state index >= 15 is 0 Å². The van der Waals surface area contributed by atoms with Gasteiger partial charge in [-0.2, -0.15) is 0 Å². The monoisotopic (exact) mass is 511 g/mol. The lowest BCUT2D eigenvalue weighted by atomic mass is 10.0. The van der Waals surface area contributed by atoms with Crippen LogP contribution in [0.4, 0.5) is 10.7 Å². The van der Waals surface area contributed by atoms with Crippen LogP contribution in [-0.2, 0) is 9.53 Å². The van der Waals surface area contributed by atoms with E-state index in [1.54, 1.807) is 19.1 Å². The first kappa shape index (κ1) is 24.9. The van der Waals surface area contributed by atoms with Gasteiger partial charge < -0.3 is 15.0 Å². The summed E-state index contributed by atoms with van der Waals surface area (Å²) < 4.78 is 4.98. The van der Waals surface area contributed by atoms with Crippen molar-refractivity contribution < 1.29 is 19.1 Å². The SMILES string of the molecule is COC(=O)c1c(-c2ccc(Cl)cc2)csc1NC(=O)CN1CCN(c2ccc(C(C)=O)cc2)CC1. The quantitative estimate of drug-likeness (QED) is 0.362. The molecule has 7 nitrogen and oxygen atoms in total. The van der Waals surface area contributed by atoms with Crippen molar-refractivity contribution in [2.24, 2.45) is 0 Å². The van der Waals surface area contributed by atoms with E-state index in [1.807, 2.05) is 41.8 Å². The van der Waals surface area contributed by atoms with E-state index in [1.165, 1.54) is 18.4 Å². The van der Waals surface area contributed by atoms with Gasteiger partial charge in [-0.1, -0.05) is 23.7 Å². The van der Waals surface area contributed by atoms with Crippen LogP contribution in [-0.4, -0.2) is 62.4 Å². The number of nitrogens with one attached hydrogen (secondary N) is 1. The van der Waals surface area contributed by atoms with Crippen molar-refractivity contribution in [2.45, 2.75) is 6.92 Å². The smallest absolute Gasteiger partial charge is 0.341 e. The number of anilines is 2. The number of hydrogen-bond acceptors (Lipinski definition) is 7. The molecule has 1 aliphatic heterocycles. The fourth-order valence-electron chi connectivity index (χ4n) is 4.04. The van der Waals surface area contributed by atoms with Crippen molar-refractivity contribution in [1.29, 1.82) is 0 Å². The van der Waals surface area contributed by atoms with Crippen molar-refractivity contribution in [1.82, 2.24) is 4.90 Å². The maximum absolute atomic E-state index is 12.8. The van der Waals surface area contributed by atoms with Crippen LogP contribution in [0.25, 0.3) is 11.1 Å². The molecule has 1 saturated heterocycles. The zero-order chi connectivity index (χ0) is 24.9. The number of ether oxygens (including phenoxy) is 1. The van der Waals surface area contributed by atoms with Crippen LogP contribution in [0, 0.1) is 0 Å².